The van der Waals surface area contributed by atoms with Crippen LogP contribution in [0.2, 0.25) is 10.0 Å². The van der Waals surface area contributed by atoms with Gasteiger partial charge < -0.3 is 0 Å². The molecule has 0 amide bonds. The van der Waals surface area contributed by atoms with Gasteiger partial charge in [0.1, 0.15) is 0 Å². The molecule has 1 saturated carbocycles. The van der Waals surface area contributed by atoms with Crippen LogP contribution in [0.5, 0.6) is 0 Å². The number of Topliss-reactive ketones (excluding diaryl/α,β-unsaturated/α-hetero) is 1. The summed E-state index contributed by atoms with van der Waals surface area (Å²) in [5.74, 6) is 0.0456. The number of ketones is 1. The molecule has 1 aliphatic carbocycles. The SMILES string of the molecule is CN(CC(=O)c1cc(Cl)ccc1Cl)C1CCCCCC1. The van der Waals surface area contributed by atoms with Crippen molar-refractivity contribution in [1.29, 1.82) is 0 Å². The van der Waals surface area contributed by atoms with Crippen molar-refractivity contribution in [1.82, 2.24) is 4.90 Å². The highest BCUT2D eigenvalue weighted by Gasteiger charge is 2.20. The summed E-state index contributed by atoms with van der Waals surface area (Å²) in [7, 11) is 2.03. The van der Waals surface area contributed by atoms with Gasteiger partial charge >= 0.3 is 0 Å². The number of carbonyl (C=O) groups excluding carboxylic acids is 1. The molecule has 1 aromatic carbocycles. The fourth-order valence-electron chi connectivity index (χ4n) is 2.85. The van der Waals surface area contributed by atoms with Gasteiger partial charge in [0.15, 0.2) is 5.78 Å². The molecule has 1 aromatic rings. The maximum atomic E-state index is 12.4. The maximum absolute atomic E-state index is 12.4. The quantitative estimate of drug-likeness (QED) is 0.586. The van der Waals surface area contributed by atoms with Crippen LogP contribution in [0.25, 0.3) is 0 Å². The summed E-state index contributed by atoms with van der Waals surface area (Å²) in [6.07, 6.45) is 7.54. The summed E-state index contributed by atoms with van der Waals surface area (Å²) in [6, 6.07) is 5.56. The number of halogens is 2. The van der Waals surface area contributed by atoms with Crippen LogP contribution in [0.4, 0.5) is 0 Å². The van der Waals surface area contributed by atoms with Crippen LogP contribution in [0.15, 0.2) is 18.2 Å². The molecular formula is C16H21Cl2NO. The zero-order valence-electron chi connectivity index (χ0n) is 11.9. The molecule has 2 rings (SSSR count). The molecule has 1 fully saturated rings. The van der Waals surface area contributed by atoms with Crippen LogP contribution in [0.3, 0.4) is 0 Å². The largest absolute Gasteiger partial charge is 0.296 e. The molecule has 1 aliphatic rings. The van der Waals surface area contributed by atoms with Gasteiger partial charge in [-0.25, -0.2) is 0 Å². The Morgan fingerprint density at radius 1 is 1.20 bits per heavy atom. The fourth-order valence-corrected chi connectivity index (χ4v) is 3.25. The van der Waals surface area contributed by atoms with Gasteiger partial charge in [0.25, 0.3) is 0 Å². The summed E-state index contributed by atoms with van der Waals surface area (Å²) in [4.78, 5) is 14.5. The highest BCUT2D eigenvalue weighted by Crippen LogP contribution is 2.24. The Labute approximate surface area is 131 Å². The van der Waals surface area contributed by atoms with Crippen molar-refractivity contribution in [2.24, 2.45) is 0 Å². The van der Waals surface area contributed by atoms with Crippen molar-refractivity contribution >= 4 is 29.0 Å². The van der Waals surface area contributed by atoms with E-state index < -0.39 is 0 Å². The first-order chi connectivity index (χ1) is 9.58. The molecule has 20 heavy (non-hydrogen) atoms. The highest BCUT2D eigenvalue weighted by atomic mass is 35.5. The Bertz CT molecular complexity index is 468. The van der Waals surface area contributed by atoms with Gasteiger partial charge in [-0.1, -0.05) is 48.9 Å². The molecule has 0 bridgehead atoms. The number of carbonyl (C=O) groups is 1. The average Bonchev–Trinajstić information content (AvgIpc) is 2.70. The first kappa shape index (κ1) is 15.8. The van der Waals surface area contributed by atoms with E-state index in [1.165, 1.54) is 38.5 Å². The predicted molar refractivity (Wildman–Crippen MR) is 84.9 cm³/mol. The molecule has 2 nitrogen and oxygen atoms in total. The first-order valence-electron chi connectivity index (χ1n) is 7.26. The predicted octanol–water partition coefficient (Wildman–Crippen LogP) is 4.83. The minimum Gasteiger partial charge on any atom is -0.296 e. The standard InChI is InChI=1S/C16H21Cl2NO/c1-19(13-6-4-2-3-5-7-13)11-16(20)14-10-12(17)8-9-15(14)18/h8-10,13H,2-7,11H2,1H3. The molecule has 0 saturated heterocycles. The second-order valence-corrected chi connectivity index (χ2v) is 6.45. The summed E-state index contributed by atoms with van der Waals surface area (Å²) in [5, 5.41) is 1.03. The van der Waals surface area contributed by atoms with Gasteiger partial charge in [-0.3, -0.25) is 9.69 Å². The lowest BCUT2D eigenvalue weighted by Crippen LogP contribution is -2.35. The third-order valence-electron chi connectivity index (χ3n) is 4.07. The zero-order valence-corrected chi connectivity index (χ0v) is 13.4. The monoisotopic (exact) mass is 313 g/mol. The van der Waals surface area contributed by atoms with E-state index in [9.17, 15) is 4.79 Å². The summed E-state index contributed by atoms with van der Waals surface area (Å²) in [6.45, 7) is 0.407. The van der Waals surface area contributed by atoms with Gasteiger partial charge in [-0.15, -0.1) is 0 Å². The van der Waals surface area contributed by atoms with Crippen LogP contribution in [0.1, 0.15) is 48.9 Å². The number of rotatable bonds is 4. The normalized spacial score (nSPS) is 17.2. The lowest BCUT2D eigenvalue weighted by Gasteiger charge is -2.26. The molecule has 0 spiro atoms. The molecule has 0 atom stereocenters. The van der Waals surface area contributed by atoms with Crippen molar-refractivity contribution in [3.8, 4) is 0 Å². The van der Waals surface area contributed by atoms with Crippen LogP contribution in [-0.4, -0.2) is 30.3 Å². The van der Waals surface area contributed by atoms with E-state index in [0.717, 1.165) is 0 Å². The number of hydrogen-bond acceptors (Lipinski definition) is 2. The highest BCUT2D eigenvalue weighted by molar-refractivity contribution is 6.36. The van der Waals surface area contributed by atoms with Gasteiger partial charge in [-0.2, -0.15) is 0 Å². The molecule has 110 valence electrons. The average molecular weight is 314 g/mol. The Morgan fingerprint density at radius 2 is 1.85 bits per heavy atom. The molecule has 0 unspecified atom stereocenters. The van der Waals surface area contributed by atoms with Crippen molar-refractivity contribution in [3.05, 3.63) is 33.8 Å². The lowest BCUT2D eigenvalue weighted by molar-refractivity contribution is 0.0912. The molecule has 0 N–H and O–H groups in total. The van der Waals surface area contributed by atoms with E-state index >= 15 is 0 Å². The molecule has 4 heteroatoms. The van der Waals surface area contributed by atoms with Crippen molar-refractivity contribution < 1.29 is 4.79 Å². The number of hydrogen-bond donors (Lipinski definition) is 0. The van der Waals surface area contributed by atoms with E-state index in [4.69, 9.17) is 23.2 Å². The van der Waals surface area contributed by atoms with E-state index in [2.05, 4.69) is 4.90 Å². The Balaban J connectivity index is 2.01. The lowest BCUT2D eigenvalue weighted by atomic mass is 10.1. The zero-order chi connectivity index (χ0) is 14.5. The summed E-state index contributed by atoms with van der Waals surface area (Å²) < 4.78 is 0. The second kappa shape index (κ2) is 7.44. The molecular weight excluding hydrogens is 293 g/mol. The van der Waals surface area contributed by atoms with E-state index in [-0.39, 0.29) is 5.78 Å². The number of likely N-dealkylation sites (N-methyl/N-ethyl adjacent to an activating group) is 1. The third-order valence-corrected chi connectivity index (χ3v) is 4.63. The van der Waals surface area contributed by atoms with Crippen LogP contribution < -0.4 is 0 Å². The minimum absolute atomic E-state index is 0.0456. The van der Waals surface area contributed by atoms with Crippen LogP contribution in [-0.2, 0) is 0 Å². The van der Waals surface area contributed by atoms with E-state index in [1.54, 1.807) is 18.2 Å². The summed E-state index contributed by atoms with van der Waals surface area (Å²) >= 11 is 12.0. The minimum atomic E-state index is 0.0456. The topological polar surface area (TPSA) is 20.3 Å². The Hall–Kier alpha value is -0.570. The van der Waals surface area contributed by atoms with Crippen LogP contribution in [0, 0.1) is 0 Å². The van der Waals surface area contributed by atoms with Crippen molar-refractivity contribution in [2.75, 3.05) is 13.6 Å². The van der Waals surface area contributed by atoms with Crippen LogP contribution >= 0.6 is 23.2 Å². The van der Waals surface area contributed by atoms with Crippen molar-refractivity contribution in [3.63, 3.8) is 0 Å². The molecule has 0 aromatic heterocycles. The Morgan fingerprint density at radius 3 is 2.50 bits per heavy atom. The van der Waals surface area contributed by atoms with Crippen molar-refractivity contribution in [2.45, 2.75) is 44.6 Å². The van der Waals surface area contributed by atoms with E-state index in [1.807, 2.05) is 7.05 Å². The molecule has 0 aliphatic heterocycles. The van der Waals surface area contributed by atoms with Gasteiger partial charge in [0.2, 0.25) is 0 Å². The third kappa shape index (κ3) is 4.21. The maximum Gasteiger partial charge on any atom is 0.178 e. The smallest absolute Gasteiger partial charge is 0.178 e. The van der Waals surface area contributed by atoms with E-state index in [0.29, 0.717) is 28.2 Å². The molecule has 0 radical (unpaired) electrons. The summed E-state index contributed by atoms with van der Waals surface area (Å²) in [5.41, 5.74) is 0.527. The first-order valence-corrected chi connectivity index (χ1v) is 8.02. The van der Waals surface area contributed by atoms with Gasteiger partial charge in [0.05, 0.1) is 11.6 Å². The fraction of sp³-hybridized carbons (Fsp3) is 0.562. The number of nitrogens with zero attached hydrogens (tertiary/aromatic N) is 1. The Kier molecular flexibility index (Phi) is 5.88. The molecule has 0 heterocycles. The number of benzene rings is 1. The van der Waals surface area contributed by atoms with Gasteiger partial charge in [0, 0.05) is 16.6 Å². The second-order valence-electron chi connectivity index (χ2n) is 5.61. The van der Waals surface area contributed by atoms with Gasteiger partial charge in [-0.05, 0) is 38.1 Å².